The number of benzene rings is 2. The third kappa shape index (κ3) is 5.39. The summed E-state index contributed by atoms with van der Waals surface area (Å²) < 4.78 is 33.2. The maximum Gasteiger partial charge on any atom is 0.256 e. The molecule has 3 aromatic rings. The van der Waals surface area contributed by atoms with E-state index in [1.807, 2.05) is 37.3 Å². The number of carbonyl (C=O) groups is 1. The predicted molar refractivity (Wildman–Crippen MR) is 133 cm³/mol. The first kappa shape index (κ1) is 24.7. The van der Waals surface area contributed by atoms with Crippen LogP contribution >= 0.6 is 11.6 Å². The fourth-order valence-corrected chi connectivity index (χ4v) is 4.74. The number of nitrogens with zero attached hydrogens (tertiary/aromatic N) is 3. The smallest absolute Gasteiger partial charge is 0.256 e. The number of amides is 1. The molecule has 1 aromatic heterocycles. The molecule has 1 saturated carbocycles. The van der Waals surface area contributed by atoms with Crippen molar-refractivity contribution in [2.75, 3.05) is 13.2 Å². The number of aromatic nitrogens is 2. The van der Waals surface area contributed by atoms with Crippen LogP contribution in [0.25, 0.3) is 0 Å². The quantitative estimate of drug-likeness (QED) is 0.451. The number of carbonyl (C=O) groups excluding carboxylic acids is 1. The molecule has 2 aliphatic rings. The summed E-state index contributed by atoms with van der Waals surface area (Å²) in [4.78, 5) is 14.9. The van der Waals surface area contributed by atoms with Crippen molar-refractivity contribution in [1.29, 1.82) is 0 Å². The summed E-state index contributed by atoms with van der Waals surface area (Å²) in [7, 11) is 1.69. The Morgan fingerprint density at radius 2 is 2.00 bits per heavy atom. The number of rotatable bonds is 8. The molecule has 1 unspecified atom stereocenters. The zero-order valence-electron chi connectivity index (χ0n) is 20.3. The minimum Gasteiger partial charge on any atom is -0.493 e. The van der Waals surface area contributed by atoms with Crippen molar-refractivity contribution in [3.05, 3.63) is 81.6 Å². The Balaban J connectivity index is 1.13. The molecule has 2 heterocycles. The van der Waals surface area contributed by atoms with Crippen molar-refractivity contribution < 1.29 is 18.3 Å². The summed E-state index contributed by atoms with van der Waals surface area (Å²) in [6, 6.07) is 14.0. The van der Waals surface area contributed by atoms with Gasteiger partial charge in [-0.1, -0.05) is 41.9 Å². The molecule has 36 heavy (non-hydrogen) atoms. The van der Waals surface area contributed by atoms with Gasteiger partial charge in [0.05, 0.1) is 30.3 Å². The van der Waals surface area contributed by atoms with Gasteiger partial charge >= 0.3 is 0 Å². The monoisotopic (exact) mass is 514 g/mol. The Morgan fingerprint density at radius 1 is 1.25 bits per heavy atom. The van der Waals surface area contributed by atoms with Crippen LogP contribution in [0.5, 0.6) is 5.75 Å². The zero-order chi connectivity index (χ0) is 25.4. The van der Waals surface area contributed by atoms with Gasteiger partial charge in [-0.05, 0) is 47.7 Å². The van der Waals surface area contributed by atoms with Gasteiger partial charge < -0.3 is 10.1 Å². The van der Waals surface area contributed by atoms with Gasteiger partial charge in [-0.2, -0.15) is 5.10 Å². The largest absolute Gasteiger partial charge is 0.493 e. The summed E-state index contributed by atoms with van der Waals surface area (Å²) >= 11 is 6.13. The third-order valence-corrected chi connectivity index (χ3v) is 7.47. The van der Waals surface area contributed by atoms with E-state index in [0.717, 1.165) is 31.6 Å². The Labute approximate surface area is 214 Å². The molecule has 6 nitrogen and oxygen atoms in total. The van der Waals surface area contributed by atoms with Crippen molar-refractivity contribution >= 4 is 17.5 Å². The van der Waals surface area contributed by atoms with Gasteiger partial charge in [0.2, 0.25) is 0 Å². The lowest BCUT2D eigenvalue weighted by Gasteiger charge is -2.29. The second-order valence-electron chi connectivity index (χ2n) is 9.77. The molecule has 0 spiro atoms. The van der Waals surface area contributed by atoms with E-state index in [1.54, 1.807) is 7.05 Å². The Hall–Kier alpha value is -2.97. The molecule has 1 amide bonds. The van der Waals surface area contributed by atoms with Crippen LogP contribution < -0.4 is 10.1 Å². The third-order valence-electron chi connectivity index (χ3n) is 7.02. The summed E-state index contributed by atoms with van der Waals surface area (Å²) in [5.74, 6) is -2.77. The van der Waals surface area contributed by atoms with E-state index in [0.29, 0.717) is 16.5 Å². The molecular formula is C27H29ClF2N4O2. The molecule has 9 heteroatoms. The molecule has 2 aromatic carbocycles. The van der Waals surface area contributed by atoms with Crippen LogP contribution in [0.1, 0.15) is 52.0 Å². The van der Waals surface area contributed by atoms with Crippen LogP contribution in [0.15, 0.2) is 48.7 Å². The Kier molecular flexibility index (Phi) is 6.74. The fraction of sp³-hybridized carbons (Fsp3) is 0.407. The molecule has 2 atom stereocenters. The summed E-state index contributed by atoms with van der Waals surface area (Å²) in [6.45, 7) is 4.58. The van der Waals surface area contributed by atoms with E-state index in [4.69, 9.17) is 16.3 Å². The first-order valence-electron chi connectivity index (χ1n) is 12.1. The van der Waals surface area contributed by atoms with Crippen LogP contribution in [0.2, 0.25) is 5.15 Å². The van der Waals surface area contributed by atoms with Gasteiger partial charge in [0.25, 0.3) is 11.8 Å². The number of hydrogen-bond donors (Lipinski definition) is 1. The zero-order valence-corrected chi connectivity index (χ0v) is 21.1. The lowest BCUT2D eigenvalue weighted by Crippen LogP contribution is -2.30. The Bertz CT molecular complexity index is 1260. The highest BCUT2D eigenvalue weighted by Gasteiger charge is 2.57. The maximum absolute atomic E-state index is 13.1. The summed E-state index contributed by atoms with van der Waals surface area (Å²) in [5.41, 5.74) is 5.03. The van der Waals surface area contributed by atoms with Crippen LogP contribution in [0.3, 0.4) is 0 Å². The molecular weight excluding hydrogens is 486 g/mol. The van der Waals surface area contributed by atoms with Gasteiger partial charge in [-0.25, -0.2) is 8.78 Å². The van der Waals surface area contributed by atoms with Crippen LogP contribution in [0.4, 0.5) is 8.78 Å². The number of hydrogen-bond acceptors (Lipinski definition) is 4. The highest BCUT2D eigenvalue weighted by molar-refractivity contribution is 6.32. The van der Waals surface area contributed by atoms with Gasteiger partial charge in [-0.15, -0.1) is 0 Å². The van der Waals surface area contributed by atoms with Crippen LogP contribution in [-0.4, -0.2) is 39.7 Å². The van der Waals surface area contributed by atoms with E-state index in [2.05, 4.69) is 27.4 Å². The second-order valence-corrected chi connectivity index (χ2v) is 10.1. The normalized spacial score (nSPS) is 19.4. The first-order valence-corrected chi connectivity index (χ1v) is 12.5. The molecule has 0 saturated heterocycles. The molecule has 5 rings (SSSR count). The van der Waals surface area contributed by atoms with Crippen molar-refractivity contribution in [3.8, 4) is 5.75 Å². The average Bonchev–Trinajstić information content (AvgIpc) is 3.34. The molecule has 0 radical (unpaired) electrons. The van der Waals surface area contributed by atoms with E-state index in [-0.39, 0.29) is 25.0 Å². The lowest BCUT2D eigenvalue weighted by atomic mass is 9.98. The molecule has 1 fully saturated rings. The summed E-state index contributed by atoms with van der Waals surface area (Å²) in [5, 5.41) is 7.29. The van der Waals surface area contributed by atoms with E-state index < -0.39 is 11.8 Å². The summed E-state index contributed by atoms with van der Waals surface area (Å²) in [6.07, 6.45) is 2.29. The highest BCUT2D eigenvalue weighted by atomic mass is 35.5. The molecule has 1 aliphatic heterocycles. The van der Waals surface area contributed by atoms with E-state index in [9.17, 15) is 13.6 Å². The second kappa shape index (κ2) is 9.82. The van der Waals surface area contributed by atoms with Crippen molar-refractivity contribution in [2.45, 2.75) is 44.8 Å². The predicted octanol–water partition coefficient (Wildman–Crippen LogP) is 5.16. The number of aryl methyl sites for hydroxylation is 1. The van der Waals surface area contributed by atoms with Gasteiger partial charge in [0.15, 0.2) is 0 Å². The lowest BCUT2D eigenvalue weighted by molar-refractivity contribution is 0.0855. The van der Waals surface area contributed by atoms with Crippen LogP contribution in [0, 0.1) is 5.92 Å². The van der Waals surface area contributed by atoms with Gasteiger partial charge in [0, 0.05) is 33.1 Å². The fourth-order valence-electron chi connectivity index (χ4n) is 4.56. The molecule has 1 aliphatic carbocycles. The number of ether oxygens (including phenoxy) is 1. The minimum atomic E-state index is -2.55. The van der Waals surface area contributed by atoms with E-state index in [1.165, 1.54) is 27.6 Å². The molecule has 190 valence electrons. The first-order chi connectivity index (χ1) is 17.2. The average molecular weight is 515 g/mol. The molecule has 1 N–H and O–H groups in total. The molecule has 0 bridgehead atoms. The number of alkyl halides is 2. The Morgan fingerprint density at radius 3 is 2.67 bits per heavy atom. The highest BCUT2D eigenvalue weighted by Crippen LogP contribution is 2.48. The number of halogens is 3. The van der Waals surface area contributed by atoms with Crippen molar-refractivity contribution in [2.24, 2.45) is 13.0 Å². The SMILES string of the molecule is C[C@H](NC(=O)c1cnn(C)c1Cl)c1ccc(CN2CCc3cc(OCC4CC4(F)F)ccc3C2)cc1. The number of nitrogens with one attached hydrogen (secondary N) is 1. The van der Waals surface area contributed by atoms with Crippen molar-refractivity contribution in [3.63, 3.8) is 0 Å². The van der Waals surface area contributed by atoms with Crippen molar-refractivity contribution in [1.82, 2.24) is 20.0 Å². The maximum atomic E-state index is 13.1. The van der Waals surface area contributed by atoms with Gasteiger partial charge in [-0.3, -0.25) is 14.4 Å². The van der Waals surface area contributed by atoms with Crippen LogP contribution in [-0.2, 0) is 26.6 Å². The topological polar surface area (TPSA) is 59.4 Å². The van der Waals surface area contributed by atoms with E-state index >= 15 is 0 Å². The number of fused-ring (bicyclic) bond motifs is 1. The minimum absolute atomic E-state index is 0.0678. The standard InChI is InChI=1S/C27H29ClF2N4O2/c1-17(32-26(35)24-13-31-33(2)25(24)28)19-5-3-18(4-6-19)14-34-10-9-20-11-23(8-7-21(20)15-34)36-16-22-12-27(22,29)30/h3-8,11,13,17,22H,9-10,12,14-16H2,1-2H3,(H,32,35)/t17-,22?/m0/s1. The van der Waals surface area contributed by atoms with Gasteiger partial charge in [0.1, 0.15) is 10.9 Å².